The molecule has 2 amide bonds. The molecule has 0 saturated heterocycles. The van der Waals surface area contributed by atoms with Gasteiger partial charge in [0.1, 0.15) is 23.9 Å². The fourth-order valence-electron chi connectivity index (χ4n) is 3.74. The van der Waals surface area contributed by atoms with Gasteiger partial charge in [0.2, 0.25) is 11.8 Å². The molecular weight excluding hydrogens is 442 g/mol. The van der Waals surface area contributed by atoms with E-state index in [2.05, 4.69) is 15.6 Å². The number of furan rings is 1. The Balaban J connectivity index is 1.64. The maximum atomic E-state index is 13.5. The molecule has 8 nitrogen and oxygen atoms in total. The zero-order chi connectivity index (χ0) is 23.4. The molecular formula is C24H24ClN5O3. The molecule has 4 rings (SSSR count). The number of aromatic nitrogens is 3. The summed E-state index contributed by atoms with van der Waals surface area (Å²) in [6, 6.07) is 16.8. The predicted octanol–water partition coefficient (Wildman–Crippen LogP) is 3.97. The van der Waals surface area contributed by atoms with Gasteiger partial charge in [0.25, 0.3) is 0 Å². The molecule has 9 heteroatoms. The van der Waals surface area contributed by atoms with E-state index in [4.69, 9.17) is 16.0 Å². The van der Waals surface area contributed by atoms with Crippen molar-refractivity contribution in [1.82, 2.24) is 25.2 Å². The van der Waals surface area contributed by atoms with E-state index < -0.39 is 6.04 Å². The molecule has 0 aliphatic heterocycles. The SMILES string of the molecule is CC(C)N(C(=O)Cn1nnc2ccccc21)[C@H](C(=O)NCc1ccco1)c1ccc(Cl)cc1. The first-order chi connectivity index (χ1) is 15.9. The lowest BCUT2D eigenvalue weighted by Gasteiger charge is -2.34. The Hall–Kier alpha value is -3.65. The van der Waals surface area contributed by atoms with Crippen molar-refractivity contribution in [2.45, 2.75) is 39.0 Å². The van der Waals surface area contributed by atoms with Crippen LogP contribution >= 0.6 is 11.6 Å². The lowest BCUT2D eigenvalue weighted by Crippen LogP contribution is -2.48. The minimum Gasteiger partial charge on any atom is -0.467 e. The second-order valence-electron chi connectivity index (χ2n) is 7.88. The van der Waals surface area contributed by atoms with Crippen molar-refractivity contribution in [2.75, 3.05) is 0 Å². The molecule has 33 heavy (non-hydrogen) atoms. The Morgan fingerprint density at radius 1 is 1.09 bits per heavy atom. The molecule has 2 aromatic carbocycles. The monoisotopic (exact) mass is 465 g/mol. The van der Waals surface area contributed by atoms with E-state index in [1.165, 1.54) is 0 Å². The van der Waals surface area contributed by atoms with Crippen LogP contribution in [0.3, 0.4) is 0 Å². The molecule has 0 spiro atoms. The molecule has 0 fully saturated rings. The number of para-hydroxylation sites is 1. The van der Waals surface area contributed by atoms with E-state index in [0.717, 1.165) is 5.52 Å². The first kappa shape index (κ1) is 22.5. The summed E-state index contributed by atoms with van der Waals surface area (Å²) in [5, 5.41) is 11.7. The first-order valence-electron chi connectivity index (χ1n) is 10.6. The van der Waals surface area contributed by atoms with Crippen LogP contribution in [-0.2, 0) is 22.7 Å². The van der Waals surface area contributed by atoms with Gasteiger partial charge in [-0.05, 0) is 55.8 Å². The summed E-state index contributed by atoms with van der Waals surface area (Å²) in [7, 11) is 0. The molecule has 0 saturated carbocycles. The van der Waals surface area contributed by atoms with Gasteiger partial charge in [0.05, 0.1) is 18.3 Å². The van der Waals surface area contributed by atoms with Crippen molar-refractivity contribution in [1.29, 1.82) is 0 Å². The summed E-state index contributed by atoms with van der Waals surface area (Å²) in [5.41, 5.74) is 2.11. The van der Waals surface area contributed by atoms with Crippen LogP contribution in [0.15, 0.2) is 71.3 Å². The number of nitrogens with one attached hydrogen (secondary N) is 1. The number of fused-ring (bicyclic) bond motifs is 1. The van der Waals surface area contributed by atoms with Crippen molar-refractivity contribution in [3.63, 3.8) is 0 Å². The number of halogens is 1. The number of hydrogen-bond donors (Lipinski definition) is 1. The summed E-state index contributed by atoms with van der Waals surface area (Å²) in [6.07, 6.45) is 1.55. The standard InChI is InChI=1S/C24H24ClN5O3/c1-16(2)30(22(31)15-29-21-8-4-3-7-20(21)27-28-29)23(17-9-11-18(25)12-10-17)24(32)26-14-19-6-5-13-33-19/h3-13,16,23H,14-15H2,1-2H3,(H,26,32)/t23-/m0/s1. The van der Waals surface area contributed by atoms with Gasteiger partial charge in [-0.2, -0.15) is 0 Å². The molecule has 4 aromatic rings. The summed E-state index contributed by atoms with van der Waals surface area (Å²) >= 11 is 6.07. The van der Waals surface area contributed by atoms with Crippen LogP contribution in [0.5, 0.6) is 0 Å². The van der Waals surface area contributed by atoms with Gasteiger partial charge in [0, 0.05) is 11.1 Å². The van der Waals surface area contributed by atoms with Crippen LogP contribution in [0.1, 0.15) is 31.2 Å². The van der Waals surface area contributed by atoms with Crippen LogP contribution in [-0.4, -0.2) is 37.7 Å². The Bertz CT molecular complexity index is 1230. The second kappa shape index (κ2) is 9.87. The van der Waals surface area contributed by atoms with E-state index in [1.54, 1.807) is 52.2 Å². The van der Waals surface area contributed by atoms with Crippen molar-refractivity contribution in [3.05, 3.63) is 83.3 Å². The summed E-state index contributed by atoms with van der Waals surface area (Å²) in [4.78, 5) is 28.5. The van der Waals surface area contributed by atoms with Crippen LogP contribution in [0.25, 0.3) is 11.0 Å². The fraction of sp³-hybridized carbons (Fsp3) is 0.250. The predicted molar refractivity (Wildman–Crippen MR) is 124 cm³/mol. The number of carbonyl (C=O) groups is 2. The van der Waals surface area contributed by atoms with Gasteiger partial charge in [-0.3, -0.25) is 9.59 Å². The van der Waals surface area contributed by atoms with E-state index >= 15 is 0 Å². The minimum atomic E-state index is -0.862. The zero-order valence-electron chi connectivity index (χ0n) is 18.3. The normalized spacial score (nSPS) is 12.1. The van der Waals surface area contributed by atoms with E-state index in [-0.39, 0.29) is 30.9 Å². The van der Waals surface area contributed by atoms with Crippen molar-refractivity contribution in [2.24, 2.45) is 0 Å². The molecule has 0 bridgehead atoms. The summed E-state index contributed by atoms with van der Waals surface area (Å²) < 4.78 is 6.87. The van der Waals surface area contributed by atoms with Gasteiger partial charge in [-0.1, -0.05) is 41.1 Å². The van der Waals surface area contributed by atoms with Crippen LogP contribution < -0.4 is 5.32 Å². The van der Waals surface area contributed by atoms with E-state index in [0.29, 0.717) is 21.9 Å². The Kier molecular flexibility index (Phi) is 6.74. The minimum absolute atomic E-state index is 0.0474. The Morgan fingerprint density at radius 3 is 2.55 bits per heavy atom. The molecule has 170 valence electrons. The number of hydrogen-bond acceptors (Lipinski definition) is 5. The highest BCUT2D eigenvalue weighted by molar-refractivity contribution is 6.30. The third-order valence-electron chi connectivity index (χ3n) is 5.28. The summed E-state index contributed by atoms with van der Waals surface area (Å²) in [5.74, 6) is 0.0442. The second-order valence-corrected chi connectivity index (χ2v) is 8.32. The smallest absolute Gasteiger partial charge is 0.247 e. The van der Waals surface area contributed by atoms with Gasteiger partial charge >= 0.3 is 0 Å². The molecule has 2 heterocycles. The van der Waals surface area contributed by atoms with Crippen LogP contribution in [0, 0.1) is 0 Å². The third-order valence-corrected chi connectivity index (χ3v) is 5.53. The van der Waals surface area contributed by atoms with Crippen molar-refractivity contribution in [3.8, 4) is 0 Å². The van der Waals surface area contributed by atoms with E-state index in [9.17, 15) is 9.59 Å². The van der Waals surface area contributed by atoms with Gasteiger partial charge in [0.15, 0.2) is 0 Å². The van der Waals surface area contributed by atoms with Gasteiger partial charge in [-0.25, -0.2) is 4.68 Å². The number of rotatable bonds is 8. The average Bonchev–Trinajstić information content (AvgIpc) is 3.46. The fourth-order valence-corrected chi connectivity index (χ4v) is 3.87. The largest absolute Gasteiger partial charge is 0.467 e. The Labute approximate surface area is 196 Å². The van der Waals surface area contributed by atoms with Crippen LogP contribution in [0.4, 0.5) is 0 Å². The number of carbonyl (C=O) groups excluding carboxylic acids is 2. The number of nitrogens with zero attached hydrogens (tertiary/aromatic N) is 4. The van der Waals surface area contributed by atoms with Gasteiger partial charge in [-0.15, -0.1) is 5.10 Å². The van der Waals surface area contributed by atoms with Gasteiger partial charge < -0.3 is 14.6 Å². The highest BCUT2D eigenvalue weighted by Gasteiger charge is 2.33. The molecule has 0 unspecified atom stereocenters. The molecule has 0 aliphatic rings. The molecule has 1 atom stereocenters. The molecule has 2 aromatic heterocycles. The van der Waals surface area contributed by atoms with Crippen molar-refractivity contribution >= 4 is 34.4 Å². The number of amides is 2. The Morgan fingerprint density at radius 2 is 1.85 bits per heavy atom. The quantitative estimate of drug-likeness (QED) is 0.425. The number of benzene rings is 2. The topological polar surface area (TPSA) is 93.3 Å². The molecule has 0 aliphatic carbocycles. The van der Waals surface area contributed by atoms with Crippen LogP contribution in [0.2, 0.25) is 5.02 Å². The summed E-state index contributed by atoms with van der Waals surface area (Å²) in [6.45, 7) is 3.91. The van der Waals surface area contributed by atoms with Crippen molar-refractivity contribution < 1.29 is 14.0 Å². The molecule has 1 N–H and O–H groups in total. The zero-order valence-corrected chi connectivity index (χ0v) is 19.1. The highest BCUT2D eigenvalue weighted by Crippen LogP contribution is 2.26. The maximum Gasteiger partial charge on any atom is 0.247 e. The average molecular weight is 466 g/mol. The highest BCUT2D eigenvalue weighted by atomic mass is 35.5. The van der Waals surface area contributed by atoms with E-state index in [1.807, 2.05) is 38.1 Å². The lowest BCUT2D eigenvalue weighted by atomic mass is 10.0. The third kappa shape index (κ3) is 5.06. The molecule has 0 radical (unpaired) electrons. The lowest BCUT2D eigenvalue weighted by molar-refractivity contribution is -0.143. The first-order valence-corrected chi connectivity index (χ1v) is 11.0. The maximum absolute atomic E-state index is 13.5.